The average molecular weight is 512 g/mol. The van der Waals surface area contributed by atoms with Crippen LogP contribution in [-0.2, 0) is 11.3 Å². The Bertz CT molecular complexity index is 1380. The van der Waals surface area contributed by atoms with E-state index < -0.39 is 11.3 Å². The number of nitrogens with zero attached hydrogens (tertiary/aromatic N) is 6. The predicted octanol–water partition coefficient (Wildman–Crippen LogP) is 2.81. The van der Waals surface area contributed by atoms with Crippen LogP contribution in [-0.4, -0.2) is 64.5 Å². The first-order chi connectivity index (χ1) is 17.3. The Hall–Kier alpha value is -3.22. The fraction of sp³-hybridized carbons (Fsp3) is 0.458. The van der Waals surface area contributed by atoms with E-state index in [-0.39, 0.29) is 22.9 Å². The van der Waals surface area contributed by atoms with Gasteiger partial charge in [-0.25, -0.2) is 14.2 Å². The summed E-state index contributed by atoms with van der Waals surface area (Å²) in [6.45, 7) is 5.47. The second-order valence-electron chi connectivity index (χ2n) is 9.27. The number of nitrogens with one attached hydrogen (secondary N) is 1. The summed E-state index contributed by atoms with van der Waals surface area (Å²) in [6, 6.07) is 3.77. The SMILES string of the molecule is CC(=O)c1c(C)c2cnc(Nc3ccc(N4CCN(S(=O)O)CC4)cn3)nc2n(C2CCCC2)c1=O. The van der Waals surface area contributed by atoms with Crippen LogP contribution < -0.4 is 15.8 Å². The Morgan fingerprint density at radius 1 is 1.11 bits per heavy atom. The maximum absolute atomic E-state index is 13.4. The first-order valence-electron chi connectivity index (χ1n) is 12.1. The van der Waals surface area contributed by atoms with Gasteiger partial charge >= 0.3 is 0 Å². The van der Waals surface area contributed by atoms with E-state index in [0.29, 0.717) is 54.5 Å². The molecular formula is C24H29N7O4S. The molecule has 0 aromatic carbocycles. The molecule has 1 aliphatic heterocycles. The van der Waals surface area contributed by atoms with Crippen molar-refractivity contribution in [2.75, 3.05) is 36.4 Å². The molecule has 0 bridgehead atoms. The highest BCUT2D eigenvalue weighted by Gasteiger charge is 2.26. The van der Waals surface area contributed by atoms with Crippen molar-refractivity contribution < 1.29 is 13.6 Å². The molecule has 1 saturated heterocycles. The predicted molar refractivity (Wildman–Crippen MR) is 138 cm³/mol. The molecule has 36 heavy (non-hydrogen) atoms. The number of carbonyl (C=O) groups is 1. The largest absolute Gasteiger partial charge is 0.368 e. The van der Waals surface area contributed by atoms with E-state index in [1.165, 1.54) is 11.2 Å². The average Bonchev–Trinajstić information content (AvgIpc) is 3.39. The third kappa shape index (κ3) is 4.63. The minimum absolute atomic E-state index is 0.0163. The van der Waals surface area contributed by atoms with Crippen LogP contribution in [0, 0.1) is 6.92 Å². The van der Waals surface area contributed by atoms with Gasteiger partial charge in [0, 0.05) is 43.8 Å². The number of hydrogen-bond donors (Lipinski definition) is 2. The first kappa shape index (κ1) is 24.5. The molecule has 1 atom stereocenters. The number of aryl methyl sites for hydroxylation is 1. The maximum Gasteiger partial charge on any atom is 0.263 e. The summed E-state index contributed by atoms with van der Waals surface area (Å²) in [7, 11) is 0. The fourth-order valence-corrected chi connectivity index (χ4v) is 5.65. The molecule has 3 aromatic heterocycles. The van der Waals surface area contributed by atoms with Crippen LogP contribution in [0.4, 0.5) is 17.5 Å². The highest BCUT2D eigenvalue weighted by atomic mass is 32.2. The molecule has 0 amide bonds. The van der Waals surface area contributed by atoms with E-state index in [0.717, 1.165) is 31.4 Å². The van der Waals surface area contributed by atoms with E-state index in [2.05, 4.69) is 20.2 Å². The number of anilines is 3. The molecule has 12 heteroatoms. The highest BCUT2D eigenvalue weighted by Crippen LogP contribution is 2.32. The molecule has 0 spiro atoms. The fourth-order valence-electron chi connectivity index (χ4n) is 5.17. The van der Waals surface area contributed by atoms with Crippen molar-refractivity contribution in [3.8, 4) is 0 Å². The lowest BCUT2D eigenvalue weighted by atomic mass is 10.0. The lowest BCUT2D eigenvalue weighted by Crippen LogP contribution is -2.46. The topological polar surface area (TPSA) is 134 Å². The second-order valence-corrected chi connectivity index (χ2v) is 10.3. The molecule has 2 aliphatic rings. The minimum Gasteiger partial charge on any atom is -0.368 e. The normalized spacial score (nSPS) is 18.0. The first-order valence-corrected chi connectivity index (χ1v) is 13.2. The number of hydrogen-bond acceptors (Lipinski definition) is 8. The van der Waals surface area contributed by atoms with Gasteiger partial charge in [0.25, 0.3) is 5.56 Å². The van der Waals surface area contributed by atoms with E-state index >= 15 is 0 Å². The van der Waals surface area contributed by atoms with Crippen molar-refractivity contribution in [3.05, 3.63) is 46.0 Å². The third-order valence-electron chi connectivity index (χ3n) is 7.06. The quantitative estimate of drug-likeness (QED) is 0.378. The third-order valence-corrected chi connectivity index (χ3v) is 7.87. The number of Topliss-reactive ketones (excluding diaryl/α,β-unsaturated/α-hetero) is 1. The van der Waals surface area contributed by atoms with Gasteiger partial charge in [-0.1, -0.05) is 12.8 Å². The number of pyridine rings is 2. The lowest BCUT2D eigenvalue weighted by Gasteiger charge is -2.33. The van der Waals surface area contributed by atoms with Gasteiger partial charge in [0.1, 0.15) is 11.5 Å². The molecule has 5 rings (SSSR count). The summed E-state index contributed by atoms with van der Waals surface area (Å²) < 4.78 is 23.7. The van der Waals surface area contributed by atoms with Crippen LogP contribution in [0.5, 0.6) is 0 Å². The number of rotatable bonds is 6. The molecule has 4 heterocycles. The Kier molecular flexibility index (Phi) is 6.82. The van der Waals surface area contributed by atoms with Crippen molar-refractivity contribution in [2.24, 2.45) is 0 Å². The molecule has 1 unspecified atom stereocenters. The van der Waals surface area contributed by atoms with Crippen molar-refractivity contribution in [1.29, 1.82) is 0 Å². The zero-order valence-corrected chi connectivity index (χ0v) is 21.1. The van der Waals surface area contributed by atoms with Gasteiger partial charge in [0.2, 0.25) is 17.2 Å². The van der Waals surface area contributed by atoms with Crippen molar-refractivity contribution in [2.45, 2.75) is 45.6 Å². The molecule has 1 saturated carbocycles. The van der Waals surface area contributed by atoms with E-state index in [1.807, 2.05) is 12.1 Å². The van der Waals surface area contributed by atoms with Crippen LogP contribution in [0.3, 0.4) is 0 Å². The van der Waals surface area contributed by atoms with Gasteiger partial charge in [-0.05, 0) is 44.4 Å². The number of piperazine rings is 1. The summed E-state index contributed by atoms with van der Waals surface area (Å²) in [5.74, 6) is 0.631. The zero-order valence-electron chi connectivity index (χ0n) is 20.3. The van der Waals surface area contributed by atoms with Crippen molar-refractivity contribution >= 4 is 45.5 Å². The monoisotopic (exact) mass is 511 g/mol. The summed E-state index contributed by atoms with van der Waals surface area (Å²) >= 11 is -1.94. The minimum atomic E-state index is -1.94. The molecule has 3 aromatic rings. The number of ketones is 1. The molecule has 11 nitrogen and oxygen atoms in total. The molecular weight excluding hydrogens is 482 g/mol. The van der Waals surface area contributed by atoms with Gasteiger partial charge in [0.15, 0.2) is 5.78 Å². The summed E-state index contributed by atoms with van der Waals surface area (Å²) in [4.78, 5) is 41.4. The lowest BCUT2D eigenvalue weighted by molar-refractivity contribution is 0.101. The Labute approximate surface area is 211 Å². The summed E-state index contributed by atoms with van der Waals surface area (Å²) in [5, 5.41) is 3.82. The number of carbonyl (C=O) groups excluding carboxylic acids is 1. The summed E-state index contributed by atoms with van der Waals surface area (Å²) in [5.41, 5.74) is 1.99. The van der Waals surface area contributed by atoms with Crippen LogP contribution in [0.25, 0.3) is 11.0 Å². The van der Waals surface area contributed by atoms with Gasteiger partial charge in [-0.2, -0.15) is 9.29 Å². The Morgan fingerprint density at radius 3 is 2.44 bits per heavy atom. The zero-order chi connectivity index (χ0) is 25.4. The summed E-state index contributed by atoms with van der Waals surface area (Å²) in [6.07, 6.45) is 7.26. The van der Waals surface area contributed by atoms with E-state index in [1.54, 1.807) is 23.9 Å². The number of fused-ring (bicyclic) bond motifs is 1. The van der Waals surface area contributed by atoms with Gasteiger partial charge < -0.3 is 10.2 Å². The molecule has 2 fully saturated rings. The van der Waals surface area contributed by atoms with Gasteiger partial charge in [0.05, 0.1) is 17.4 Å². The van der Waals surface area contributed by atoms with Crippen LogP contribution in [0.15, 0.2) is 29.3 Å². The van der Waals surface area contributed by atoms with Crippen LogP contribution >= 0.6 is 0 Å². The molecule has 190 valence electrons. The van der Waals surface area contributed by atoms with E-state index in [9.17, 15) is 18.4 Å². The van der Waals surface area contributed by atoms with Crippen LogP contribution in [0.2, 0.25) is 0 Å². The molecule has 2 N–H and O–H groups in total. The smallest absolute Gasteiger partial charge is 0.263 e. The van der Waals surface area contributed by atoms with Crippen molar-refractivity contribution in [3.63, 3.8) is 0 Å². The van der Waals surface area contributed by atoms with E-state index in [4.69, 9.17) is 4.98 Å². The van der Waals surface area contributed by atoms with Crippen LogP contribution in [0.1, 0.15) is 54.6 Å². The molecule has 1 aliphatic carbocycles. The second kappa shape index (κ2) is 10.0. The highest BCUT2D eigenvalue weighted by molar-refractivity contribution is 7.76. The Balaban J connectivity index is 1.42. The van der Waals surface area contributed by atoms with Gasteiger partial charge in [-0.3, -0.25) is 18.7 Å². The Morgan fingerprint density at radius 2 is 1.83 bits per heavy atom. The van der Waals surface area contributed by atoms with Gasteiger partial charge in [-0.15, -0.1) is 0 Å². The van der Waals surface area contributed by atoms with Crippen molar-refractivity contribution in [1.82, 2.24) is 23.8 Å². The molecule has 0 radical (unpaired) electrons. The standard InChI is InChI=1S/C24H29N7O4S/c1-15-19-14-26-24(28-22(19)31(17-5-3-4-6-17)23(33)21(15)16(2)32)27-20-8-7-18(13-25-20)29-9-11-30(12-10-29)36(34)35/h7-8,13-14,17H,3-6,9-12H2,1-2H3,(H,34,35)(H,25,26,27,28). The number of aromatic nitrogens is 4. The maximum atomic E-state index is 13.4.